The molecule has 2 aliphatic heterocycles. The van der Waals surface area contributed by atoms with Gasteiger partial charge in [0.15, 0.2) is 5.76 Å². The van der Waals surface area contributed by atoms with Crippen LogP contribution in [0.4, 0.5) is 0 Å². The zero-order chi connectivity index (χ0) is 12.4. The van der Waals surface area contributed by atoms with Crippen molar-refractivity contribution in [3.05, 3.63) is 24.2 Å². The Bertz CT molecular complexity index is 404. The van der Waals surface area contributed by atoms with Crippen LogP contribution in [0.15, 0.2) is 22.8 Å². The van der Waals surface area contributed by atoms with E-state index in [9.17, 15) is 4.79 Å². The summed E-state index contributed by atoms with van der Waals surface area (Å²) in [4.78, 5) is 14.1. The monoisotopic (exact) mass is 250 g/mol. The van der Waals surface area contributed by atoms with Gasteiger partial charge in [0.1, 0.15) is 0 Å². The van der Waals surface area contributed by atoms with Gasteiger partial charge in [-0.2, -0.15) is 0 Å². The van der Waals surface area contributed by atoms with Crippen molar-refractivity contribution in [3.63, 3.8) is 0 Å². The molecule has 0 unspecified atom stereocenters. The zero-order valence-electron chi connectivity index (χ0n) is 10.4. The van der Waals surface area contributed by atoms with Crippen LogP contribution in [0.25, 0.3) is 0 Å². The maximum atomic E-state index is 12.2. The molecule has 1 atom stereocenters. The number of amides is 1. The number of nitrogens with zero attached hydrogens (tertiary/aromatic N) is 1. The number of hydrogen-bond acceptors (Lipinski definition) is 4. The van der Waals surface area contributed by atoms with Gasteiger partial charge in [0.05, 0.1) is 25.0 Å². The Labute approximate surface area is 106 Å². The number of furan rings is 1. The van der Waals surface area contributed by atoms with Crippen LogP contribution >= 0.6 is 0 Å². The average molecular weight is 250 g/mol. The smallest absolute Gasteiger partial charge is 0.289 e. The summed E-state index contributed by atoms with van der Waals surface area (Å²) in [6.45, 7) is 3.88. The highest BCUT2D eigenvalue weighted by molar-refractivity contribution is 5.91. The number of carbonyl (C=O) groups excluding carboxylic acids is 1. The number of ether oxygens (including phenoxy) is 1. The van der Waals surface area contributed by atoms with Crippen molar-refractivity contribution < 1.29 is 13.9 Å². The minimum atomic E-state index is -0.196. The second-order valence-corrected chi connectivity index (χ2v) is 5.02. The van der Waals surface area contributed by atoms with E-state index in [2.05, 4.69) is 5.32 Å². The molecular weight excluding hydrogens is 232 g/mol. The van der Waals surface area contributed by atoms with E-state index < -0.39 is 0 Å². The van der Waals surface area contributed by atoms with E-state index >= 15 is 0 Å². The highest BCUT2D eigenvalue weighted by Crippen LogP contribution is 2.27. The molecule has 1 N–H and O–H groups in total. The fourth-order valence-corrected chi connectivity index (χ4v) is 2.80. The molecule has 2 fully saturated rings. The lowest BCUT2D eigenvalue weighted by molar-refractivity contribution is -0.0991. The standard InChI is InChI=1S/C13H18N2O3/c16-12(11-3-1-7-17-11)15-6-2-4-13(10-15)9-14-5-8-18-13/h1,3,7,14H,2,4-6,8-10H2/t13-/m1/s1. The molecule has 3 heterocycles. The van der Waals surface area contributed by atoms with Crippen molar-refractivity contribution in [1.82, 2.24) is 10.2 Å². The number of nitrogens with one attached hydrogen (secondary N) is 1. The molecule has 0 bridgehead atoms. The van der Waals surface area contributed by atoms with Crippen LogP contribution < -0.4 is 5.32 Å². The first-order valence-electron chi connectivity index (χ1n) is 6.47. The lowest BCUT2D eigenvalue weighted by atomic mass is 9.91. The Hall–Kier alpha value is -1.33. The molecule has 2 aliphatic rings. The molecule has 0 aromatic carbocycles. The summed E-state index contributed by atoms with van der Waals surface area (Å²) in [5.41, 5.74) is -0.196. The number of rotatable bonds is 1. The van der Waals surface area contributed by atoms with E-state index in [1.165, 1.54) is 6.26 Å². The predicted octanol–water partition coefficient (Wildman–Crippen LogP) is 0.874. The van der Waals surface area contributed by atoms with E-state index in [-0.39, 0.29) is 11.5 Å². The van der Waals surface area contributed by atoms with E-state index in [1.807, 2.05) is 4.90 Å². The fourth-order valence-electron chi connectivity index (χ4n) is 2.80. The van der Waals surface area contributed by atoms with Gasteiger partial charge in [-0.15, -0.1) is 0 Å². The van der Waals surface area contributed by atoms with Crippen LogP contribution in [0.2, 0.25) is 0 Å². The number of likely N-dealkylation sites (tertiary alicyclic amines) is 1. The highest BCUT2D eigenvalue weighted by atomic mass is 16.5. The number of carbonyl (C=O) groups is 1. The van der Waals surface area contributed by atoms with Crippen molar-refractivity contribution in [2.75, 3.05) is 32.8 Å². The lowest BCUT2D eigenvalue weighted by Gasteiger charge is -2.44. The predicted molar refractivity (Wildman–Crippen MR) is 65.4 cm³/mol. The summed E-state index contributed by atoms with van der Waals surface area (Å²) < 4.78 is 11.1. The minimum Gasteiger partial charge on any atom is -0.459 e. The third-order valence-corrected chi connectivity index (χ3v) is 3.69. The van der Waals surface area contributed by atoms with Crippen LogP contribution in [-0.2, 0) is 4.74 Å². The number of morpholine rings is 1. The molecule has 18 heavy (non-hydrogen) atoms. The summed E-state index contributed by atoms with van der Waals surface area (Å²) in [6, 6.07) is 3.45. The van der Waals surface area contributed by atoms with Crippen LogP contribution in [0, 0.1) is 0 Å². The van der Waals surface area contributed by atoms with Gasteiger partial charge in [0, 0.05) is 19.6 Å². The molecule has 5 heteroatoms. The summed E-state index contributed by atoms with van der Waals surface area (Å²) in [5, 5.41) is 3.35. The first-order valence-corrected chi connectivity index (χ1v) is 6.47. The van der Waals surface area contributed by atoms with Crippen molar-refractivity contribution >= 4 is 5.91 Å². The summed E-state index contributed by atoms with van der Waals surface area (Å²) in [5.74, 6) is 0.379. The lowest BCUT2D eigenvalue weighted by Crippen LogP contribution is -2.59. The number of hydrogen-bond donors (Lipinski definition) is 1. The molecule has 98 valence electrons. The topological polar surface area (TPSA) is 54.7 Å². The van der Waals surface area contributed by atoms with Gasteiger partial charge >= 0.3 is 0 Å². The van der Waals surface area contributed by atoms with Gasteiger partial charge in [0.2, 0.25) is 0 Å². The summed E-state index contributed by atoms with van der Waals surface area (Å²) in [6.07, 6.45) is 3.53. The largest absolute Gasteiger partial charge is 0.459 e. The van der Waals surface area contributed by atoms with E-state index in [0.29, 0.717) is 12.3 Å². The van der Waals surface area contributed by atoms with Crippen molar-refractivity contribution in [3.8, 4) is 0 Å². The Kier molecular flexibility index (Phi) is 3.09. The van der Waals surface area contributed by atoms with Crippen LogP contribution in [-0.4, -0.2) is 49.2 Å². The Morgan fingerprint density at radius 3 is 3.17 bits per heavy atom. The maximum absolute atomic E-state index is 12.2. The van der Waals surface area contributed by atoms with Crippen molar-refractivity contribution in [1.29, 1.82) is 0 Å². The van der Waals surface area contributed by atoms with E-state index in [0.717, 1.165) is 39.1 Å². The van der Waals surface area contributed by atoms with Gasteiger partial charge in [-0.1, -0.05) is 0 Å². The molecule has 1 aromatic rings. The molecule has 0 saturated carbocycles. The molecule has 5 nitrogen and oxygen atoms in total. The van der Waals surface area contributed by atoms with E-state index in [1.54, 1.807) is 12.1 Å². The third-order valence-electron chi connectivity index (χ3n) is 3.69. The summed E-state index contributed by atoms with van der Waals surface area (Å²) >= 11 is 0. The molecule has 1 aromatic heterocycles. The number of piperidine rings is 1. The second kappa shape index (κ2) is 4.74. The third kappa shape index (κ3) is 2.15. The van der Waals surface area contributed by atoms with Crippen molar-refractivity contribution in [2.24, 2.45) is 0 Å². The minimum absolute atomic E-state index is 0.0340. The average Bonchev–Trinajstić information content (AvgIpc) is 2.93. The first-order chi connectivity index (χ1) is 8.79. The van der Waals surface area contributed by atoms with Crippen LogP contribution in [0.3, 0.4) is 0 Å². The molecular formula is C13H18N2O3. The Morgan fingerprint density at radius 2 is 2.44 bits per heavy atom. The van der Waals surface area contributed by atoms with Crippen LogP contribution in [0.1, 0.15) is 23.4 Å². The van der Waals surface area contributed by atoms with Gasteiger partial charge in [0.25, 0.3) is 5.91 Å². The van der Waals surface area contributed by atoms with Gasteiger partial charge in [-0.25, -0.2) is 0 Å². The Morgan fingerprint density at radius 1 is 1.50 bits per heavy atom. The molecule has 3 rings (SSSR count). The van der Waals surface area contributed by atoms with Gasteiger partial charge in [-0.3, -0.25) is 4.79 Å². The quantitative estimate of drug-likeness (QED) is 0.803. The highest BCUT2D eigenvalue weighted by Gasteiger charge is 2.39. The van der Waals surface area contributed by atoms with Crippen LogP contribution in [0.5, 0.6) is 0 Å². The van der Waals surface area contributed by atoms with E-state index in [4.69, 9.17) is 9.15 Å². The Balaban J connectivity index is 1.72. The van der Waals surface area contributed by atoms with Gasteiger partial charge in [-0.05, 0) is 25.0 Å². The normalized spacial score (nSPS) is 28.6. The fraction of sp³-hybridized carbons (Fsp3) is 0.615. The molecule has 2 saturated heterocycles. The molecule has 1 spiro atoms. The maximum Gasteiger partial charge on any atom is 0.289 e. The zero-order valence-corrected chi connectivity index (χ0v) is 10.4. The SMILES string of the molecule is O=C(c1ccco1)N1CCC[C@@]2(CNCCO2)C1. The molecule has 0 radical (unpaired) electrons. The second-order valence-electron chi connectivity index (χ2n) is 5.02. The van der Waals surface area contributed by atoms with Crippen molar-refractivity contribution in [2.45, 2.75) is 18.4 Å². The summed E-state index contributed by atoms with van der Waals surface area (Å²) in [7, 11) is 0. The molecule has 0 aliphatic carbocycles. The van der Waals surface area contributed by atoms with Gasteiger partial charge < -0.3 is 19.4 Å². The molecule has 1 amide bonds. The first kappa shape index (κ1) is 11.7.